The van der Waals surface area contributed by atoms with Crippen molar-refractivity contribution in [3.8, 4) is 11.1 Å². The number of nitrogens with zero attached hydrogens (tertiary/aromatic N) is 3. The van der Waals surface area contributed by atoms with Gasteiger partial charge in [-0.15, -0.1) is 0 Å². The Labute approximate surface area is 194 Å². The second kappa shape index (κ2) is 8.83. The number of rotatable bonds is 6. The molecule has 0 aliphatic heterocycles. The van der Waals surface area contributed by atoms with Crippen molar-refractivity contribution in [3.05, 3.63) is 69.0 Å². The molecule has 1 aromatic carbocycles. The first-order valence-corrected chi connectivity index (χ1v) is 10.9. The highest BCUT2D eigenvalue weighted by Gasteiger charge is 2.23. The summed E-state index contributed by atoms with van der Waals surface area (Å²) in [7, 11) is 0. The highest BCUT2D eigenvalue weighted by Crippen LogP contribution is 2.40. The van der Waals surface area contributed by atoms with Gasteiger partial charge in [0.2, 0.25) is 0 Å². The Kier molecular flexibility index (Phi) is 6.27. The van der Waals surface area contributed by atoms with Crippen LogP contribution in [0.15, 0.2) is 30.6 Å². The van der Waals surface area contributed by atoms with Crippen molar-refractivity contribution < 1.29 is 14.6 Å². The van der Waals surface area contributed by atoms with Crippen molar-refractivity contribution in [1.82, 2.24) is 19.7 Å². The van der Waals surface area contributed by atoms with E-state index in [9.17, 15) is 9.50 Å². The highest BCUT2D eigenvalue weighted by atomic mass is 35.5. The minimum Gasteiger partial charge on any atom is -0.394 e. The van der Waals surface area contributed by atoms with Crippen LogP contribution in [0.3, 0.4) is 0 Å². The van der Waals surface area contributed by atoms with Gasteiger partial charge in [-0.2, -0.15) is 5.10 Å². The molecule has 0 amide bonds. The monoisotopic (exact) mass is 476 g/mol. The van der Waals surface area contributed by atoms with Crippen LogP contribution in [0.1, 0.15) is 35.4 Å². The maximum Gasteiger partial charge on any atom is 0.142 e. The Bertz CT molecular complexity index is 1300. The molecular formula is C23H23Cl2FN4O2. The molecule has 2 unspecified atom stereocenters. The van der Waals surface area contributed by atoms with E-state index in [1.807, 2.05) is 33.0 Å². The standard InChI is InChI=1S/C23H23Cl2FN4O2/c1-11(20-18(24)4-5-19(26)22(20)25)17-8-28-23-16(17)6-14(7-27-23)21-12(2)29-30(13(21)3)9-15(32)10-31/h4-8,11,15,31-32H,9-10H2,1-3H3,(H,27,28). The van der Waals surface area contributed by atoms with Gasteiger partial charge in [-0.05, 0) is 43.2 Å². The topological polar surface area (TPSA) is 87.0 Å². The summed E-state index contributed by atoms with van der Waals surface area (Å²) in [6, 6.07) is 4.78. The van der Waals surface area contributed by atoms with E-state index in [-0.39, 0.29) is 24.1 Å². The van der Waals surface area contributed by atoms with Gasteiger partial charge in [0.05, 0.1) is 30.0 Å². The number of hydrogen-bond donors (Lipinski definition) is 3. The minimum absolute atomic E-state index is 0.0128. The summed E-state index contributed by atoms with van der Waals surface area (Å²) in [5.41, 5.74) is 5.53. The van der Waals surface area contributed by atoms with Crippen molar-refractivity contribution in [2.24, 2.45) is 0 Å². The average molecular weight is 477 g/mol. The smallest absolute Gasteiger partial charge is 0.142 e. The first-order valence-electron chi connectivity index (χ1n) is 10.2. The van der Waals surface area contributed by atoms with Gasteiger partial charge in [0.25, 0.3) is 0 Å². The molecule has 32 heavy (non-hydrogen) atoms. The zero-order valence-electron chi connectivity index (χ0n) is 17.8. The second-order valence-electron chi connectivity index (χ2n) is 7.91. The molecule has 9 heteroatoms. The molecule has 0 aliphatic carbocycles. The molecule has 0 spiro atoms. The van der Waals surface area contributed by atoms with Crippen LogP contribution in [0.2, 0.25) is 10.0 Å². The molecule has 0 radical (unpaired) electrons. The first kappa shape index (κ1) is 22.7. The lowest BCUT2D eigenvalue weighted by Crippen LogP contribution is -2.21. The van der Waals surface area contributed by atoms with Gasteiger partial charge < -0.3 is 15.2 Å². The number of nitrogens with one attached hydrogen (secondary N) is 1. The normalized spacial score (nSPS) is 13.6. The van der Waals surface area contributed by atoms with Gasteiger partial charge in [0.15, 0.2) is 0 Å². The third-order valence-electron chi connectivity index (χ3n) is 5.81. The Hall–Kier alpha value is -2.45. The van der Waals surface area contributed by atoms with E-state index in [1.165, 1.54) is 12.1 Å². The van der Waals surface area contributed by atoms with E-state index in [4.69, 9.17) is 28.3 Å². The SMILES string of the molecule is Cc1nn(CC(O)CO)c(C)c1-c1cnc2[nH]cc(C(C)c3c(Cl)ccc(F)c3Cl)c2c1. The molecule has 3 N–H and O–H groups in total. The fourth-order valence-corrected chi connectivity index (χ4v) is 4.86. The number of hydrogen-bond acceptors (Lipinski definition) is 4. The third kappa shape index (κ3) is 3.90. The Morgan fingerprint density at radius 3 is 2.72 bits per heavy atom. The summed E-state index contributed by atoms with van der Waals surface area (Å²) in [6.45, 7) is 5.59. The van der Waals surface area contributed by atoms with Crippen LogP contribution in [-0.4, -0.2) is 42.7 Å². The average Bonchev–Trinajstić information content (AvgIpc) is 3.30. The lowest BCUT2D eigenvalue weighted by molar-refractivity contribution is 0.0777. The van der Waals surface area contributed by atoms with Crippen LogP contribution in [0, 0.1) is 19.7 Å². The van der Waals surface area contributed by atoms with Crippen molar-refractivity contribution in [1.29, 1.82) is 0 Å². The molecule has 0 saturated heterocycles. The number of aliphatic hydroxyl groups excluding tert-OH is 2. The molecule has 168 valence electrons. The first-order chi connectivity index (χ1) is 15.2. The van der Waals surface area contributed by atoms with Gasteiger partial charge in [0.1, 0.15) is 11.5 Å². The van der Waals surface area contributed by atoms with Crippen LogP contribution >= 0.6 is 23.2 Å². The van der Waals surface area contributed by atoms with E-state index in [0.717, 1.165) is 33.5 Å². The summed E-state index contributed by atoms with van der Waals surface area (Å²) in [5, 5.41) is 24.8. The number of aromatic nitrogens is 4. The van der Waals surface area contributed by atoms with E-state index >= 15 is 0 Å². The molecule has 3 heterocycles. The Balaban J connectivity index is 1.81. The third-order valence-corrected chi connectivity index (χ3v) is 6.52. The van der Waals surface area contributed by atoms with Crippen LogP contribution in [0.5, 0.6) is 0 Å². The number of H-pyrrole nitrogens is 1. The highest BCUT2D eigenvalue weighted by molar-refractivity contribution is 6.36. The van der Waals surface area contributed by atoms with Crippen molar-refractivity contribution >= 4 is 34.2 Å². The number of pyridine rings is 1. The van der Waals surface area contributed by atoms with Crippen molar-refractivity contribution in [2.45, 2.75) is 39.3 Å². The number of aryl methyl sites for hydroxylation is 1. The molecule has 0 fully saturated rings. The van der Waals surface area contributed by atoms with E-state index in [2.05, 4.69) is 15.1 Å². The number of benzene rings is 1. The molecule has 4 aromatic rings. The Morgan fingerprint density at radius 1 is 1.25 bits per heavy atom. The second-order valence-corrected chi connectivity index (χ2v) is 8.69. The van der Waals surface area contributed by atoms with Gasteiger partial charge in [-0.25, -0.2) is 9.37 Å². The Morgan fingerprint density at radius 2 is 2.00 bits per heavy atom. The van der Waals surface area contributed by atoms with E-state index in [1.54, 1.807) is 10.9 Å². The van der Waals surface area contributed by atoms with Crippen molar-refractivity contribution in [3.63, 3.8) is 0 Å². The lowest BCUT2D eigenvalue weighted by Gasteiger charge is -2.16. The molecule has 6 nitrogen and oxygen atoms in total. The number of fused-ring (bicyclic) bond motifs is 1. The van der Waals surface area contributed by atoms with Crippen molar-refractivity contribution in [2.75, 3.05) is 6.61 Å². The molecule has 0 aliphatic rings. The quantitative estimate of drug-likeness (QED) is 0.342. The van der Waals surface area contributed by atoms with Gasteiger partial charge in [-0.1, -0.05) is 30.1 Å². The van der Waals surface area contributed by atoms with Crippen LogP contribution in [0.4, 0.5) is 4.39 Å². The van der Waals surface area contributed by atoms with Crippen LogP contribution < -0.4 is 0 Å². The summed E-state index contributed by atoms with van der Waals surface area (Å²) in [5.74, 6) is -0.790. The lowest BCUT2D eigenvalue weighted by atomic mass is 9.92. The zero-order chi connectivity index (χ0) is 23.2. The summed E-state index contributed by atoms with van der Waals surface area (Å²) in [4.78, 5) is 7.73. The summed E-state index contributed by atoms with van der Waals surface area (Å²) >= 11 is 12.6. The van der Waals surface area contributed by atoms with Crippen LogP contribution in [0.25, 0.3) is 22.2 Å². The number of aromatic amines is 1. The summed E-state index contributed by atoms with van der Waals surface area (Å²) in [6.07, 6.45) is 2.71. The van der Waals surface area contributed by atoms with E-state index < -0.39 is 11.9 Å². The fraction of sp³-hybridized carbons (Fsp3) is 0.304. The van der Waals surface area contributed by atoms with E-state index in [0.29, 0.717) is 16.2 Å². The largest absolute Gasteiger partial charge is 0.394 e. The molecule has 0 saturated carbocycles. The fourth-order valence-electron chi connectivity index (χ4n) is 4.16. The molecule has 0 bridgehead atoms. The zero-order valence-corrected chi connectivity index (χ0v) is 19.3. The minimum atomic E-state index is -0.889. The molecule has 4 rings (SSSR count). The molecule has 3 aromatic heterocycles. The predicted octanol–water partition coefficient (Wildman–Crippen LogP) is 4.99. The maximum atomic E-state index is 14.1. The number of aliphatic hydroxyl groups is 2. The number of halogens is 3. The van der Waals surface area contributed by atoms with Gasteiger partial charge >= 0.3 is 0 Å². The predicted molar refractivity (Wildman–Crippen MR) is 124 cm³/mol. The summed E-state index contributed by atoms with van der Waals surface area (Å²) < 4.78 is 15.8. The maximum absolute atomic E-state index is 14.1. The molecular weight excluding hydrogens is 454 g/mol. The molecule has 2 atom stereocenters. The van der Waals surface area contributed by atoms with Gasteiger partial charge in [-0.3, -0.25) is 4.68 Å². The van der Waals surface area contributed by atoms with Crippen LogP contribution in [-0.2, 0) is 6.54 Å². The van der Waals surface area contributed by atoms with Gasteiger partial charge in [0, 0.05) is 45.5 Å².